The Morgan fingerprint density at radius 1 is 1.30 bits per heavy atom. The molecule has 2 N–H and O–H groups in total. The lowest BCUT2D eigenvalue weighted by atomic mass is 10.2. The fourth-order valence-electron chi connectivity index (χ4n) is 2.21. The van der Waals surface area contributed by atoms with Gasteiger partial charge in [0.05, 0.1) is 11.8 Å². The first-order valence-electron chi connectivity index (χ1n) is 6.40. The summed E-state index contributed by atoms with van der Waals surface area (Å²) in [5.74, 6) is -1.26. The molecule has 0 spiro atoms. The van der Waals surface area contributed by atoms with Crippen LogP contribution >= 0.6 is 0 Å². The number of aromatic nitrogens is 1. The van der Waals surface area contributed by atoms with Crippen LogP contribution in [0, 0.1) is 0 Å². The van der Waals surface area contributed by atoms with Crippen molar-refractivity contribution in [1.29, 1.82) is 0 Å². The van der Waals surface area contributed by atoms with Crippen LogP contribution in [0.1, 0.15) is 17.3 Å². The summed E-state index contributed by atoms with van der Waals surface area (Å²) in [5, 5.41) is 18.6. The molecule has 1 fully saturated rings. The average Bonchev–Trinajstić information content (AvgIpc) is 2.46. The summed E-state index contributed by atoms with van der Waals surface area (Å²) in [5.41, 5.74) is 0.222. The van der Waals surface area contributed by atoms with Gasteiger partial charge in [0, 0.05) is 32.4 Å². The van der Waals surface area contributed by atoms with E-state index in [2.05, 4.69) is 4.98 Å². The summed E-state index contributed by atoms with van der Waals surface area (Å²) in [4.78, 5) is 30.3. The van der Waals surface area contributed by atoms with Crippen LogP contribution in [0.3, 0.4) is 0 Å². The van der Waals surface area contributed by atoms with Gasteiger partial charge in [-0.15, -0.1) is 0 Å². The molecule has 1 atom stereocenters. The molecule has 20 heavy (non-hydrogen) atoms. The van der Waals surface area contributed by atoms with Crippen molar-refractivity contribution in [2.45, 2.75) is 13.0 Å². The van der Waals surface area contributed by atoms with E-state index in [1.165, 1.54) is 18.5 Å². The minimum atomic E-state index is -0.864. The highest BCUT2D eigenvalue weighted by molar-refractivity contribution is 5.96. The quantitative estimate of drug-likeness (QED) is 0.810. The number of nitrogens with zero attached hydrogens (tertiary/aromatic N) is 3. The maximum Gasteiger partial charge on any atom is 0.320 e. The predicted octanol–water partition coefficient (Wildman–Crippen LogP) is 0.0181. The summed E-state index contributed by atoms with van der Waals surface area (Å²) >= 11 is 0. The third-order valence-corrected chi connectivity index (χ3v) is 3.54. The van der Waals surface area contributed by atoms with Crippen LogP contribution in [0.15, 0.2) is 18.5 Å². The molecule has 1 aromatic heterocycles. The van der Waals surface area contributed by atoms with E-state index in [1.54, 1.807) is 11.8 Å². The summed E-state index contributed by atoms with van der Waals surface area (Å²) in [6.07, 6.45) is 2.69. The molecule has 7 nitrogen and oxygen atoms in total. The summed E-state index contributed by atoms with van der Waals surface area (Å²) in [6.45, 7) is 3.53. The molecule has 108 valence electrons. The van der Waals surface area contributed by atoms with Crippen molar-refractivity contribution in [3.63, 3.8) is 0 Å². The Morgan fingerprint density at radius 3 is 2.50 bits per heavy atom. The minimum Gasteiger partial charge on any atom is -0.505 e. The molecule has 1 aromatic rings. The lowest BCUT2D eigenvalue weighted by Gasteiger charge is -2.36. The highest BCUT2D eigenvalue weighted by Gasteiger charge is 2.28. The van der Waals surface area contributed by atoms with Crippen molar-refractivity contribution in [2.75, 3.05) is 26.2 Å². The van der Waals surface area contributed by atoms with Crippen molar-refractivity contribution >= 4 is 11.9 Å². The first-order chi connectivity index (χ1) is 9.50. The number of carbonyl (C=O) groups excluding carboxylic acids is 1. The molecular weight excluding hydrogens is 262 g/mol. The van der Waals surface area contributed by atoms with Crippen LogP contribution in [-0.4, -0.2) is 69.1 Å². The highest BCUT2D eigenvalue weighted by atomic mass is 16.4. The Labute approximate surface area is 116 Å². The Morgan fingerprint density at radius 2 is 1.95 bits per heavy atom. The second-order valence-electron chi connectivity index (χ2n) is 4.74. The van der Waals surface area contributed by atoms with E-state index in [0.29, 0.717) is 26.2 Å². The Balaban J connectivity index is 1.99. The maximum absolute atomic E-state index is 12.2. The number of hydrogen-bond donors (Lipinski definition) is 2. The van der Waals surface area contributed by atoms with Crippen LogP contribution in [0.25, 0.3) is 0 Å². The van der Waals surface area contributed by atoms with E-state index in [4.69, 9.17) is 5.11 Å². The van der Waals surface area contributed by atoms with E-state index in [9.17, 15) is 14.7 Å². The fourth-order valence-corrected chi connectivity index (χ4v) is 2.21. The van der Waals surface area contributed by atoms with Gasteiger partial charge in [0.1, 0.15) is 11.8 Å². The Kier molecular flexibility index (Phi) is 4.19. The van der Waals surface area contributed by atoms with Gasteiger partial charge in [-0.2, -0.15) is 0 Å². The fraction of sp³-hybridized carbons (Fsp3) is 0.462. The smallest absolute Gasteiger partial charge is 0.320 e. The number of rotatable bonds is 3. The van der Waals surface area contributed by atoms with E-state index in [0.717, 1.165) is 0 Å². The summed E-state index contributed by atoms with van der Waals surface area (Å²) in [7, 11) is 0. The molecule has 1 saturated heterocycles. The number of carbonyl (C=O) groups is 2. The topological polar surface area (TPSA) is 94.0 Å². The second-order valence-corrected chi connectivity index (χ2v) is 4.74. The molecule has 2 rings (SSSR count). The van der Waals surface area contributed by atoms with Crippen LogP contribution < -0.4 is 0 Å². The molecule has 1 aliphatic heterocycles. The van der Waals surface area contributed by atoms with Gasteiger partial charge >= 0.3 is 5.97 Å². The lowest BCUT2D eigenvalue weighted by molar-refractivity contribution is -0.143. The zero-order chi connectivity index (χ0) is 14.7. The molecule has 7 heteroatoms. The number of hydrogen-bond acceptors (Lipinski definition) is 5. The Hall–Kier alpha value is -2.15. The normalized spacial score (nSPS) is 17.8. The molecule has 1 unspecified atom stereocenters. The number of amides is 1. The number of aliphatic carboxylic acids is 1. The van der Waals surface area contributed by atoms with Crippen LogP contribution in [0.2, 0.25) is 0 Å². The predicted molar refractivity (Wildman–Crippen MR) is 70.5 cm³/mol. The van der Waals surface area contributed by atoms with Crippen LogP contribution in [0.4, 0.5) is 0 Å². The van der Waals surface area contributed by atoms with Gasteiger partial charge in [0.15, 0.2) is 0 Å². The van der Waals surface area contributed by atoms with Crippen molar-refractivity contribution in [3.8, 4) is 5.75 Å². The second kappa shape index (κ2) is 5.87. The third kappa shape index (κ3) is 2.88. The van der Waals surface area contributed by atoms with Gasteiger partial charge in [-0.3, -0.25) is 19.5 Å². The van der Waals surface area contributed by atoms with E-state index < -0.39 is 12.0 Å². The summed E-state index contributed by atoms with van der Waals surface area (Å²) < 4.78 is 0. The molecule has 1 aliphatic rings. The van der Waals surface area contributed by atoms with Gasteiger partial charge in [-0.1, -0.05) is 0 Å². The number of aromatic hydroxyl groups is 1. The zero-order valence-corrected chi connectivity index (χ0v) is 11.2. The van der Waals surface area contributed by atoms with Crippen molar-refractivity contribution < 1.29 is 19.8 Å². The zero-order valence-electron chi connectivity index (χ0n) is 11.2. The average molecular weight is 279 g/mol. The van der Waals surface area contributed by atoms with Gasteiger partial charge in [0.2, 0.25) is 0 Å². The largest absolute Gasteiger partial charge is 0.505 e. The van der Waals surface area contributed by atoms with Crippen molar-refractivity contribution in [1.82, 2.24) is 14.8 Å². The molecule has 0 aromatic carbocycles. The van der Waals surface area contributed by atoms with Crippen molar-refractivity contribution in [3.05, 3.63) is 24.0 Å². The number of carboxylic acid groups (broad SMARTS) is 1. The maximum atomic E-state index is 12.2. The van der Waals surface area contributed by atoms with Gasteiger partial charge in [-0.25, -0.2) is 0 Å². The van der Waals surface area contributed by atoms with Gasteiger partial charge in [-0.05, 0) is 13.0 Å². The molecule has 0 radical (unpaired) electrons. The first kappa shape index (κ1) is 14.3. The monoisotopic (exact) mass is 279 g/mol. The molecule has 0 saturated carbocycles. The highest BCUT2D eigenvalue weighted by Crippen LogP contribution is 2.18. The van der Waals surface area contributed by atoms with Crippen molar-refractivity contribution in [2.24, 2.45) is 0 Å². The van der Waals surface area contributed by atoms with E-state index in [1.807, 2.05) is 4.90 Å². The van der Waals surface area contributed by atoms with E-state index >= 15 is 0 Å². The molecular formula is C13H17N3O4. The van der Waals surface area contributed by atoms with Crippen LogP contribution in [-0.2, 0) is 4.79 Å². The van der Waals surface area contributed by atoms with Gasteiger partial charge in [0.25, 0.3) is 5.91 Å². The van der Waals surface area contributed by atoms with Gasteiger partial charge < -0.3 is 15.1 Å². The molecule has 0 aliphatic carbocycles. The number of pyridine rings is 1. The lowest BCUT2D eigenvalue weighted by Crippen LogP contribution is -2.53. The minimum absolute atomic E-state index is 0.140. The van der Waals surface area contributed by atoms with E-state index in [-0.39, 0.29) is 17.2 Å². The molecule has 2 heterocycles. The van der Waals surface area contributed by atoms with Crippen LogP contribution in [0.5, 0.6) is 5.75 Å². The standard InChI is InChI=1S/C13H17N3O4/c1-9(13(19)20)15-4-6-16(7-5-15)12(18)10-2-3-14-8-11(10)17/h2-3,8-9,17H,4-7H2,1H3,(H,19,20). The Bertz CT molecular complexity index is 512. The molecule has 0 bridgehead atoms. The number of carboxylic acids is 1. The molecule has 1 amide bonds. The summed E-state index contributed by atoms with van der Waals surface area (Å²) in [6, 6.07) is 0.922. The first-order valence-corrected chi connectivity index (χ1v) is 6.40. The number of piperazine rings is 1. The third-order valence-electron chi connectivity index (χ3n) is 3.54. The SMILES string of the molecule is CC(C(=O)O)N1CCN(C(=O)c2ccncc2O)CC1.